The second kappa shape index (κ2) is 4.10. The Morgan fingerprint density at radius 3 is 2.76 bits per heavy atom. The number of aromatic nitrogens is 5. The van der Waals surface area contributed by atoms with Crippen LogP contribution in [0.4, 0.5) is 5.82 Å². The highest BCUT2D eigenvalue weighted by atomic mass is 16.6. The van der Waals surface area contributed by atoms with E-state index in [2.05, 4.69) is 15.3 Å². The zero-order valence-corrected chi connectivity index (χ0v) is 10.6. The molecule has 1 aromatic carbocycles. The predicted octanol–water partition coefficient (Wildman–Crippen LogP) is 1.98. The van der Waals surface area contributed by atoms with Crippen molar-refractivity contribution >= 4 is 22.5 Å². The smallest absolute Gasteiger partial charge is 0.358 e. The summed E-state index contributed by atoms with van der Waals surface area (Å²) in [5, 5.41) is 19.4. The van der Waals surface area contributed by atoms with E-state index in [0.717, 1.165) is 0 Å². The highest BCUT2D eigenvalue weighted by molar-refractivity contribution is 5.76. The highest BCUT2D eigenvalue weighted by Gasteiger charge is 2.25. The van der Waals surface area contributed by atoms with E-state index in [1.54, 1.807) is 36.5 Å². The second-order valence-corrected chi connectivity index (χ2v) is 4.43. The van der Waals surface area contributed by atoms with Crippen LogP contribution in [0.2, 0.25) is 0 Å². The maximum absolute atomic E-state index is 11.4. The SMILES string of the molecule is O=[N+]([O-])c1c(-n2nnc3ccccc32)nc2ccccn12. The molecule has 21 heavy (non-hydrogen) atoms. The van der Waals surface area contributed by atoms with Gasteiger partial charge >= 0.3 is 5.82 Å². The van der Waals surface area contributed by atoms with Gasteiger partial charge in [-0.1, -0.05) is 23.4 Å². The lowest BCUT2D eigenvalue weighted by Gasteiger charge is -1.98. The third-order valence-electron chi connectivity index (χ3n) is 3.21. The highest BCUT2D eigenvalue weighted by Crippen LogP contribution is 2.25. The zero-order valence-electron chi connectivity index (χ0n) is 10.6. The molecule has 0 saturated carbocycles. The quantitative estimate of drug-likeness (QED) is 0.413. The predicted molar refractivity (Wildman–Crippen MR) is 74.3 cm³/mol. The molecule has 4 aromatic rings. The number of hydrogen-bond acceptors (Lipinski definition) is 5. The summed E-state index contributed by atoms with van der Waals surface area (Å²) in [5.74, 6) is 0.0150. The molecule has 0 N–H and O–H groups in total. The van der Waals surface area contributed by atoms with Crippen LogP contribution in [-0.2, 0) is 0 Å². The number of hydrogen-bond donors (Lipinski definition) is 0. The standard InChI is InChI=1S/C13H8N6O2/c20-19(21)13-12(14-11-7-3-4-8-17(11)13)18-10-6-2-1-5-9(10)15-16-18/h1-8H. The number of nitrogens with zero attached hydrogens (tertiary/aromatic N) is 6. The molecule has 8 heteroatoms. The fraction of sp³-hybridized carbons (Fsp3) is 0. The lowest BCUT2D eigenvalue weighted by molar-refractivity contribution is -0.390. The molecule has 0 saturated heterocycles. The third kappa shape index (κ3) is 1.59. The van der Waals surface area contributed by atoms with E-state index in [1.807, 2.05) is 12.1 Å². The van der Waals surface area contributed by atoms with Gasteiger partial charge < -0.3 is 10.1 Å². The number of fused-ring (bicyclic) bond motifs is 2. The first kappa shape index (κ1) is 11.5. The van der Waals surface area contributed by atoms with Gasteiger partial charge in [0, 0.05) is 6.07 Å². The number of para-hydroxylation sites is 1. The molecule has 4 rings (SSSR count). The fourth-order valence-electron chi connectivity index (χ4n) is 2.31. The van der Waals surface area contributed by atoms with Crippen LogP contribution >= 0.6 is 0 Å². The Labute approximate surface area is 117 Å². The van der Waals surface area contributed by atoms with Crippen molar-refractivity contribution in [1.29, 1.82) is 0 Å². The molecular formula is C13H8N6O2. The number of benzene rings is 1. The van der Waals surface area contributed by atoms with E-state index in [4.69, 9.17) is 0 Å². The number of nitro groups is 1. The molecule has 0 aliphatic heterocycles. The van der Waals surface area contributed by atoms with Gasteiger partial charge in [-0.2, -0.15) is 14.1 Å². The van der Waals surface area contributed by atoms with Crippen molar-refractivity contribution in [2.75, 3.05) is 0 Å². The van der Waals surface area contributed by atoms with E-state index in [9.17, 15) is 10.1 Å². The fourth-order valence-corrected chi connectivity index (χ4v) is 2.31. The Morgan fingerprint density at radius 2 is 1.90 bits per heavy atom. The second-order valence-electron chi connectivity index (χ2n) is 4.43. The molecule has 8 nitrogen and oxygen atoms in total. The lowest BCUT2D eigenvalue weighted by atomic mass is 10.3. The minimum absolute atomic E-state index is 0.138. The first-order chi connectivity index (χ1) is 10.3. The van der Waals surface area contributed by atoms with Crippen LogP contribution in [0.3, 0.4) is 0 Å². The van der Waals surface area contributed by atoms with Crippen molar-refractivity contribution in [3.63, 3.8) is 0 Å². The van der Waals surface area contributed by atoms with E-state index >= 15 is 0 Å². The molecule has 102 valence electrons. The maximum atomic E-state index is 11.4. The van der Waals surface area contributed by atoms with Crippen molar-refractivity contribution in [3.05, 3.63) is 58.8 Å². The molecule has 3 heterocycles. The van der Waals surface area contributed by atoms with Crippen LogP contribution in [0.15, 0.2) is 48.7 Å². The van der Waals surface area contributed by atoms with Crippen LogP contribution in [0.5, 0.6) is 0 Å². The van der Waals surface area contributed by atoms with Crippen molar-refractivity contribution in [1.82, 2.24) is 24.4 Å². The zero-order chi connectivity index (χ0) is 14.4. The molecule has 0 amide bonds. The van der Waals surface area contributed by atoms with Crippen molar-refractivity contribution < 1.29 is 4.92 Å². The van der Waals surface area contributed by atoms with Gasteiger partial charge in [-0.3, -0.25) is 0 Å². The molecule has 0 radical (unpaired) electrons. The monoisotopic (exact) mass is 280 g/mol. The third-order valence-corrected chi connectivity index (χ3v) is 3.21. The van der Waals surface area contributed by atoms with Gasteiger partial charge in [0.1, 0.15) is 5.52 Å². The van der Waals surface area contributed by atoms with Crippen LogP contribution in [0.1, 0.15) is 0 Å². The van der Waals surface area contributed by atoms with Crippen molar-refractivity contribution in [2.45, 2.75) is 0 Å². The summed E-state index contributed by atoms with van der Waals surface area (Å²) in [6.45, 7) is 0. The Morgan fingerprint density at radius 1 is 1.10 bits per heavy atom. The first-order valence-electron chi connectivity index (χ1n) is 6.18. The minimum Gasteiger partial charge on any atom is -0.358 e. The molecular weight excluding hydrogens is 272 g/mol. The molecule has 0 aliphatic rings. The van der Waals surface area contributed by atoms with E-state index < -0.39 is 4.92 Å². The average molecular weight is 280 g/mol. The van der Waals surface area contributed by atoms with Crippen LogP contribution in [0.25, 0.3) is 22.5 Å². The van der Waals surface area contributed by atoms with Gasteiger partial charge in [-0.25, -0.2) is 0 Å². The van der Waals surface area contributed by atoms with Crippen LogP contribution in [-0.4, -0.2) is 29.3 Å². The number of imidazole rings is 1. The van der Waals surface area contributed by atoms with Gasteiger partial charge in [0.2, 0.25) is 5.65 Å². The maximum Gasteiger partial charge on any atom is 0.374 e. The molecule has 0 fully saturated rings. The van der Waals surface area contributed by atoms with Gasteiger partial charge in [-0.15, -0.1) is 5.10 Å². The normalized spacial score (nSPS) is 11.2. The summed E-state index contributed by atoms with van der Waals surface area (Å²) in [5.41, 5.74) is 1.81. The van der Waals surface area contributed by atoms with Gasteiger partial charge in [0.15, 0.2) is 0 Å². The minimum atomic E-state index is -0.466. The Hall–Kier alpha value is -3.29. The molecule has 0 spiro atoms. The molecule has 3 aromatic heterocycles. The Kier molecular flexibility index (Phi) is 2.25. The lowest BCUT2D eigenvalue weighted by Crippen LogP contribution is -2.02. The van der Waals surface area contributed by atoms with Crippen molar-refractivity contribution in [3.8, 4) is 5.82 Å². The van der Waals surface area contributed by atoms with Crippen molar-refractivity contribution in [2.24, 2.45) is 0 Å². The summed E-state index contributed by atoms with van der Waals surface area (Å²) in [6.07, 6.45) is 1.60. The van der Waals surface area contributed by atoms with E-state index in [0.29, 0.717) is 16.7 Å². The van der Waals surface area contributed by atoms with Gasteiger partial charge in [0.05, 0.1) is 11.7 Å². The summed E-state index contributed by atoms with van der Waals surface area (Å²) in [4.78, 5) is 15.3. The van der Waals surface area contributed by atoms with Crippen LogP contribution < -0.4 is 0 Å². The Balaban J connectivity index is 2.10. The molecule has 0 aliphatic carbocycles. The topological polar surface area (TPSA) is 91.1 Å². The van der Waals surface area contributed by atoms with E-state index in [-0.39, 0.29) is 11.6 Å². The summed E-state index contributed by atoms with van der Waals surface area (Å²) < 4.78 is 2.81. The summed E-state index contributed by atoms with van der Waals surface area (Å²) in [7, 11) is 0. The summed E-state index contributed by atoms with van der Waals surface area (Å²) in [6, 6.07) is 12.4. The molecule has 0 bridgehead atoms. The number of pyridine rings is 1. The van der Waals surface area contributed by atoms with Gasteiger partial charge in [-0.05, 0) is 23.1 Å². The largest absolute Gasteiger partial charge is 0.374 e. The summed E-state index contributed by atoms with van der Waals surface area (Å²) >= 11 is 0. The van der Waals surface area contributed by atoms with Gasteiger partial charge in [0.25, 0.3) is 5.82 Å². The van der Waals surface area contributed by atoms with E-state index in [1.165, 1.54) is 9.08 Å². The molecule has 0 atom stereocenters. The average Bonchev–Trinajstić information content (AvgIpc) is 3.08. The number of rotatable bonds is 2. The van der Waals surface area contributed by atoms with Crippen LogP contribution in [0, 0.1) is 10.1 Å². The molecule has 0 unspecified atom stereocenters. The Bertz CT molecular complexity index is 987. The first-order valence-corrected chi connectivity index (χ1v) is 6.18.